The van der Waals surface area contributed by atoms with Crippen molar-refractivity contribution in [3.63, 3.8) is 0 Å². The quantitative estimate of drug-likeness (QED) is 0.0952. The molecule has 0 fully saturated rings. The molecule has 0 radical (unpaired) electrons. The fourth-order valence-corrected chi connectivity index (χ4v) is 7.33. The van der Waals surface area contributed by atoms with Gasteiger partial charge in [0.25, 0.3) is 0 Å². The fourth-order valence-electron chi connectivity index (χ4n) is 7.33. The van der Waals surface area contributed by atoms with Crippen molar-refractivity contribution < 1.29 is 26.3 Å². The molecule has 0 atom stereocenters. The number of rotatable bonds is 10. The molecule has 0 aliphatic carbocycles. The lowest BCUT2D eigenvalue weighted by Crippen LogP contribution is -2.04. The molecular weight excluding hydrogens is 787 g/mol. The van der Waals surface area contributed by atoms with E-state index in [0.29, 0.717) is 11.1 Å². The predicted molar refractivity (Wildman–Crippen MR) is 244 cm³/mol. The molecular formula is C56H38F6. The van der Waals surface area contributed by atoms with Crippen molar-refractivity contribution in [2.45, 2.75) is 12.4 Å². The lowest BCUT2D eigenvalue weighted by atomic mass is 9.94. The van der Waals surface area contributed by atoms with E-state index in [1.54, 1.807) is 0 Å². The molecule has 6 heteroatoms. The summed E-state index contributed by atoms with van der Waals surface area (Å²) >= 11 is 0. The second-order valence-electron chi connectivity index (χ2n) is 14.8. The van der Waals surface area contributed by atoms with Gasteiger partial charge in [0, 0.05) is 0 Å². The van der Waals surface area contributed by atoms with Crippen LogP contribution in [0.15, 0.2) is 194 Å². The van der Waals surface area contributed by atoms with Gasteiger partial charge in [0.2, 0.25) is 0 Å². The Morgan fingerprint density at radius 3 is 0.935 bits per heavy atom. The third-order valence-corrected chi connectivity index (χ3v) is 10.6. The Morgan fingerprint density at radius 1 is 0.290 bits per heavy atom. The van der Waals surface area contributed by atoms with Crippen molar-refractivity contribution in [3.8, 4) is 0 Å². The molecule has 0 spiro atoms. The summed E-state index contributed by atoms with van der Waals surface area (Å²) in [6.07, 6.45) is 3.50. The lowest BCUT2D eigenvalue weighted by Gasteiger charge is -2.12. The first-order valence-electron chi connectivity index (χ1n) is 20.0. The van der Waals surface area contributed by atoms with Crippen molar-refractivity contribution in [1.82, 2.24) is 0 Å². The van der Waals surface area contributed by atoms with Crippen molar-refractivity contribution in [2.24, 2.45) is 0 Å². The Bertz CT molecular complexity index is 2690. The van der Waals surface area contributed by atoms with Crippen molar-refractivity contribution in [3.05, 3.63) is 261 Å². The summed E-state index contributed by atoms with van der Waals surface area (Å²) in [7, 11) is 0. The molecule has 0 saturated heterocycles. The number of hydrogen-bond acceptors (Lipinski definition) is 0. The molecule has 8 rings (SSSR count). The highest BCUT2D eigenvalue weighted by Crippen LogP contribution is 2.34. The first kappa shape index (κ1) is 41.3. The molecule has 304 valence electrons. The zero-order valence-corrected chi connectivity index (χ0v) is 33.2. The van der Waals surface area contributed by atoms with E-state index in [2.05, 4.69) is 48.6 Å². The molecule has 0 heterocycles. The lowest BCUT2D eigenvalue weighted by molar-refractivity contribution is -0.138. The van der Waals surface area contributed by atoms with Gasteiger partial charge in [-0.1, -0.05) is 194 Å². The monoisotopic (exact) mass is 824 g/mol. The summed E-state index contributed by atoms with van der Waals surface area (Å²) in [6, 6.07) is 58.3. The van der Waals surface area contributed by atoms with Crippen LogP contribution < -0.4 is 0 Å². The molecule has 0 nitrogen and oxygen atoms in total. The Morgan fingerprint density at radius 2 is 0.597 bits per heavy atom. The summed E-state index contributed by atoms with van der Waals surface area (Å²) in [5, 5.41) is 2.21. The van der Waals surface area contributed by atoms with Crippen molar-refractivity contribution in [1.29, 1.82) is 0 Å². The van der Waals surface area contributed by atoms with Gasteiger partial charge in [0.05, 0.1) is 11.1 Å². The molecule has 8 aromatic rings. The Hall–Kier alpha value is -7.44. The molecule has 0 amide bonds. The van der Waals surface area contributed by atoms with Gasteiger partial charge >= 0.3 is 12.4 Å². The Labute approximate surface area is 356 Å². The smallest absolute Gasteiger partial charge is 0.166 e. The summed E-state index contributed by atoms with van der Waals surface area (Å²) < 4.78 is 79.7. The first-order valence-corrected chi connectivity index (χ1v) is 20.0. The van der Waals surface area contributed by atoms with E-state index in [1.165, 1.54) is 24.3 Å². The average Bonchev–Trinajstić information content (AvgIpc) is 3.29. The van der Waals surface area contributed by atoms with Crippen LogP contribution in [0.5, 0.6) is 0 Å². The molecule has 0 aromatic heterocycles. The van der Waals surface area contributed by atoms with E-state index in [9.17, 15) is 26.3 Å². The second-order valence-corrected chi connectivity index (χ2v) is 14.8. The molecule has 8 aromatic carbocycles. The summed E-state index contributed by atoms with van der Waals surface area (Å²) in [4.78, 5) is 0. The van der Waals surface area contributed by atoms with Crippen LogP contribution in [0.25, 0.3) is 58.4 Å². The molecule has 62 heavy (non-hydrogen) atoms. The number of benzene rings is 8. The third-order valence-electron chi connectivity index (χ3n) is 10.6. The maximum atomic E-state index is 13.3. The van der Waals surface area contributed by atoms with Gasteiger partial charge < -0.3 is 0 Å². The van der Waals surface area contributed by atoms with Crippen molar-refractivity contribution >= 4 is 58.4 Å². The topological polar surface area (TPSA) is 0 Å². The SMILES string of the molecule is FC(F)(F)c1ccc(/C(=C\c2ccc(/C=C\c3ccc(/C=C\c4ccc(/C=C(/c5ccccc5)c5ccc(C(F)(F)F)cc5)cc4)c4ccccc34)cc2)c2ccccc2)cc1. The van der Waals surface area contributed by atoms with E-state index in [-0.39, 0.29) is 0 Å². The van der Waals surface area contributed by atoms with E-state index in [0.717, 1.165) is 90.7 Å². The maximum absolute atomic E-state index is 13.3. The molecule has 0 unspecified atom stereocenters. The maximum Gasteiger partial charge on any atom is 0.416 e. The van der Waals surface area contributed by atoms with E-state index < -0.39 is 23.5 Å². The van der Waals surface area contributed by atoms with Gasteiger partial charge in [-0.3, -0.25) is 0 Å². The number of alkyl halides is 6. The van der Waals surface area contributed by atoms with Gasteiger partial charge in [-0.2, -0.15) is 26.3 Å². The number of fused-ring (bicyclic) bond motifs is 1. The van der Waals surface area contributed by atoms with Crippen LogP contribution in [0.4, 0.5) is 26.3 Å². The van der Waals surface area contributed by atoms with Crippen LogP contribution in [0.2, 0.25) is 0 Å². The third kappa shape index (κ3) is 9.94. The summed E-state index contributed by atoms with van der Waals surface area (Å²) in [6.45, 7) is 0. The van der Waals surface area contributed by atoms with Gasteiger partial charge in [-0.15, -0.1) is 0 Å². The highest BCUT2D eigenvalue weighted by atomic mass is 19.4. The first-order chi connectivity index (χ1) is 30.0. The standard InChI is InChI=1S/C56H38F6/c57-55(58,59)49-33-29-47(30-34-49)53(43-9-3-1-4-10-43)37-41-19-15-39(16-20-41)23-25-45-27-28-46(52-14-8-7-13-51(45)52)26-24-40-17-21-42(22-18-40)38-54(44-11-5-2-6-12-44)48-31-35-50(36-32-48)56(60,61)62/h1-38H/b25-23-,26-24-,53-37-,54-38-. The van der Waals surface area contributed by atoms with Gasteiger partial charge in [0.15, 0.2) is 0 Å². The summed E-state index contributed by atoms with van der Waals surface area (Å²) in [5.74, 6) is 0. The molecule has 0 saturated carbocycles. The Balaban J connectivity index is 0.999. The zero-order chi connectivity index (χ0) is 43.1. The van der Waals surface area contributed by atoms with Crippen LogP contribution >= 0.6 is 0 Å². The van der Waals surface area contributed by atoms with E-state index >= 15 is 0 Å². The Kier molecular flexibility index (Phi) is 12.0. The minimum atomic E-state index is -4.40. The van der Waals surface area contributed by atoms with Gasteiger partial charge in [-0.05, 0) is 114 Å². The largest absolute Gasteiger partial charge is 0.416 e. The van der Waals surface area contributed by atoms with Crippen LogP contribution in [0.1, 0.15) is 66.8 Å². The van der Waals surface area contributed by atoms with Gasteiger partial charge in [0.1, 0.15) is 0 Å². The highest BCUT2D eigenvalue weighted by molar-refractivity contribution is 5.99. The number of halogens is 6. The predicted octanol–water partition coefficient (Wildman–Crippen LogP) is 16.4. The van der Waals surface area contributed by atoms with Crippen LogP contribution in [0, 0.1) is 0 Å². The minimum Gasteiger partial charge on any atom is -0.166 e. The molecule has 0 aliphatic rings. The van der Waals surface area contributed by atoms with Crippen LogP contribution in [-0.4, -0.2) is 0 Å². The molecule has 0 bridgehead atoms. The molecule has 0 aliphatic heterocycles. The zero-order valence-electron chi connectivity index (χ0n) is 33.2. The average molecular weight is 825 g/mol. The minimum absolute atomic E-state index is 0.681. The fraction of sp³-hybridized carbons (Fsp3) is 0.0357. The van der Waals surface area contributed by atoms with Crippen LogP contribution in [-0.2, 0) is 12.4 Å². The number of hydrogen-bond donors (Lipinski definition) is 0. The second kappa shape index (κ2) is 18.0. The highest BCUT2D eigenvalue weighted by Gasteiger charge is 2.31. The van der Waals surface area contributed by atoms with Crippen molar-refractivity contribution in [2.75, 3.05) is 0 Å². The van der Waals surface area contributed by atoms with E-state index in [1.807, 2.05) is 133 Å². The van der Waals surface area contributed by atoms with E-state index in [4.69, 9.17) is 0 Å². The normalized spacial score (nSPS) is 12.7. The molecule has 0 N–H and O–H groups in total. The summed E-state index contributed by atoms with van der Waals surface area (Å²) in [5.41, 5.74) is 9.45. The van der Waals surface area contributed by atoms with Crippen LogP contribution in [0.3, 0.4) is 0 Å². The van der Waals surface area contributed by atoms with Gasteiger partial charge in [-0.25, -0.2) is 0 Å².